The number of piperidine rings is 1. The van der Waals surface area contributed by atoms with Crippen molar-refractivity contribution in [2.75, 3.05) is 18.4 Å². The zero-order chi connectivity index (χ0) is 22.0. The van der Waals surface area contributed by atoms with Gasteiger partial charge in [0, 0.05) is 61.5 Å². The molecule has 1 amide bonds. The third-order valence-corrected chi connectivity index (χ3v) is 5.84. The van der Waals surface area contributed by atoms with Gasteiger partial charge in [-0.2, -0.15) is 5.10 Å². The van der Waals surface area contributed by atoms with Gasteiger partial charge in [0.1, 0.15) is 5.82 Å². The highest BCUT2D eigenvalue weighted by molar-refractivity contribution is 5.92. The average molecular weight is 423 g/mol. The van der Waals surface area contributed by atoms with E-state index in [-0.39, 0.29) is 5.91 Å². The Morgan fingerprint density at radius 3 is 2.55 bits per heavy atom. The van der Waals surface area contributed by atoms with E-state index in [0.717, 1.165) is 47.6 Å². The molecular formula is C23H30N6O2. The van der Waals surface area contributed by atoms with Gasteiger partial charge in [-0.15, -0.1) is 0 Å². The third kappa shape index (κ3) is 5.08. The van der Waals surface area contributed by atoms with Crippen molar-refractivity contribution in [1.82, 2.24) is 24.6 Å². The van der Waals surface area contributed by atoms with Crippen LogP contribution in [0.3, 0.4) is 0 Å². The highest BCUT2D eigenvalue weighted by Gasteiger charge is 2.33. The van der Waals surface area contributed by atoms with Gasteiger partial charge in [0.2, 0.25) is 5.91 Å². The first-order chi connectivity index (χ1) is 14.8. The summed E-state index contributed by atoms with van der Waals surface area (Å²) in [5, 5.41) is 19.4. The van der Waals surface area contributed by atoms with Crippen molar-refractivity contribution in [2.24, 2.45) is 0 Å². The number of nitrogens with one attached hydrogen (secondary N) is 1. The lowest BCUT2D eigenvalue weighted by Crippen LogP contribution is -2.46. The molecule has 0 radical (unpaired) electrons. The molecule has 1 aromatic carbocycles. The zero-order valence-corrected chi connectivity index (χ0v) is 18.4. The van der Waals surface area contributed by atoms with Crippen LogP contribution in [0.4, 0.5) is 5.69 Å². The summed E-state index contributed by atoms with van der Waals surface area (Å²) < 4.78 is 1.86. The number of benzene rings is 1. The fraction of sp³-hybridized carbons (Fsp3) is 0.478. The van der Waals surface area contributed by atoms with Gasteiger partial charge in [-0.3, -0.25) is 14.4 Å². The second kappa shape index (κ2) is 8.72. The number of carbonyl (C=O) groups excluding carboxylic acids is 1. The number of aromatic nitrogens is 4. The number of nitrogens with zero attached hydrogens (tertiary/aromatic N) is 5. The van der Waals surface area contributed by atoms with E-state index < -0.39 is 5.60 Å². The fourth-order valence-electron chi connectivity index (χ4n) is 4.06. The predicted molar refractivity (Wildman–Crippen MR) is 120 cm³/mol. The lowest BCUT2D eigenvalue weighted by atomic mass is 9.91. The van der Waals surface area contributed by atoms with Crippen LogP contribution in [0.1, 0.15) is 50.9 Å². The Labute approximate surface area is 182 Å². The molecule has 1 aliphatic heterocycles. The van der Waals surface area contributed by atoms with E-state index in [4.69, 9.17) is 0 Å². The second-order valence-corrected chi connectivity index (χ2v) is 8.86. The molecule has 0 atom stereocenters. The molecule has 3 aromatic rings. The fourth-order valence-corrected chi connectivity index (χ4v) is 4.06. The topological polar surface area (TPSA) is 96.2 Å². The van der Waals surface area contributed by atoms with Gasteiger partial charge >= 0.3 is 0 Å². The normalized spacial score (nSPS) is 16.7. The molecule has 0 unspecified atom stereocenters. The molecule has 1 aliphatic rings. The maximum Gasteiger partial charge on any atom is 0.221 e. The van der Waals surface area contributed by atoms with E-state index in [0.29, 0.717) is 25.3 Å². The Balaban J connectivity index is 1.37. The minimum absolute atomic E-state index is 0.102. The van der Waals surface area contributed by atoms with Crippen molar-refractivity contribution in [3.05, 3.63) is 48.2 Å². The number of hydrogen-bond acceptors (Lipinski definition) is 6. The first-order valence-electron chi connectivity index (χ1n) is 10.8. The van der Waals surface area contributed by atoms with Crippen LogP contribution in [0, 0.1) is 0 Å². The Bertz CT molecular complexity index is 1050. The van der Waals surface area contributed by atoms with Gasteiger partial charge < -0.3 is 10.4 Å². The van der Waals surface area contributed by atoms with Gasteiger partial charge in [-0.05, 0) is 31.0 Å². The quantitative estimate of drug-likeness (QED) is 0.634. The van der Waals surface area contributed by atoms with Gasteiger partial charge in [-0.25, -0.2) is 9.97 Å². The summed E-state index contributed by atoms with van der Waals surface area (Å²) in [5.41, 5.74) is 2.01. The van der Waals surface area contributed by atoms with Crippen LogP contribution in [0.25, 0.3) is 10.9 Å². The Kier molecular flexibility index (Phi) is 6.02. The average Bonchev–Trinajstić information content (AvgIpc) is 3.11. The maximum atomic E-state index is 11.3. The van der Waals surface area contributed by atoms with E-state index in [9.17, 15) is 9.90 Å². The summed E-state index contributed by atoms with van der Waals surface area (Å²) in [6.45, 7) is 8.55. The minimum Gasteiger partial charge on any atom is -0.388 e. The van der Waals surface area contributed by atoms with E-state index in [2.05, 4.69) is 39.1 Å². The molecule has 4 rings (SSSR count). The van der Waals surface area contributed by atoms with Crippen molar-refractivity contribution in [3.63, 3.8) is 0 Å². The van der Waals surface area contributed by atoms with Gasteiger partial charge in [-0.1, -0.05) is 13.8 Å². The molecule has 0 aliphatic carbocycles. The van der Waals surface area contributed by atoms with Crippen LogP contribution in [-0.4, -0.2) is 54.4 Å². The number of amides is 1. The number of fused-ring (bicyclic) bond motifs is 1. The van der Waals surface area contributed by atoms with Crippen molar-refractivity contribution in [2.45, 2.75) is 58.2 Å². The van der Waals surface area contributed by atoms with Gasteiger partial charge in [0.15, 0.2) is 0 Å². The lowest BCUT2D eigenvalue weighted by molar-refractivity contribution is -0.114. The predicted octanol–water partition coefficient (Wildman–Crippen LogP) is 2.94. The highest BCUT2D eigenvalue weighted by Crippen LogP contribution is 2.27. The molecule has 8 nitrogen and oxygen atoms in total. The Hall–Kier alpha value is -2.84. The molecular weight excluding hydrogens is 392 g/mol. The number of rotatable bonds is 6. The number of likely N-dealkylation sites (tertiary alicyclic amines) is 1. The number of hydrogen-bond donors (Lipinski definition) is 2. The van der Waals surface area contributed by atoms with Crippen molar-refractivity contribution in [1.29, 1.82) is 0 Å². The van der Waals surface area contributed by atoms with Crippen molar-refractivity contribution >= 4 is 22.5 Å². The molecule has 2 aromatic heterocycles. The number of aliphatic hydroxyl groups is 1. The smallest absolute Gasteiger partial charge is 0.221 e. The molecule has 3 heterocycles. The van der Waals surface area contributed by atoms with Crippen LogP contribution in [0.2, 0.25) is 0 Å². The first kappa shape index (κ1) is 21.4. The number of anilines is 1. The standard InChI is InChI=1S/C23H30N6O2/c1-16(2)22-24-11-18(12-25-22)14-28-8-6-23(31,7-9-28)15-29-21-5-4-20(27-17(3)30)10-19(21)13-26-29/h4-5,10-13,16,31H,6-9,14-15H2,1-3H3,(H,27,30). The Morgan fingerprint density at radius 1 is 1.19 bits per heavy atom. The van der Waals surface area contributed by atoms with E-state index in [1.165, 1.54) is 6.92 Å². The molecule has 0 saturated carbocycles. The SMILES string of the molecule is CC(=O)Nc1ccc2c(cnn2CC2(O)CCN(Cc3cnc(C(C)C)nc3)CC2)c1. The zero-order valence-electron chi connectivity index (χ0n) is 18.4. The van der Waals surface area contributed by atoms with Gasteiger partial charge in [0.25, 0.3) is 0 Å². The largest absolute Gasteiger partial charge is 0.388 e. The lowest BCUT2D eigenvalue weighted by Gasteiger charge is -2.38. The van der Waals surface area contributed by atoms with E-state index in [1.807, 2.05) is 35.3 Å². The molecule has 31 heavy (non-hydrogen) atoms. The minimum atomic E-state index is -0.788. The molecule has 0 bridgehead atoms. The first-order valence-corrected chi connectivity index (χ1v) is 10.8. The summed E-state index contributed by atoms with van der Waals surface area (Å²) in [6.07, 6.45) is 6.97. The van der Waals surface area contributed by atoms with E-state index in [1.54, 1.807) is 6.20 Å². The summed E-state index contributed by atoms with van der Waals surface area (Å²) in [7, 11) is 0. The van der Waals surface area contributed by atoms with Crippen LogP contribution < -0.4 is 5.32 Å². The molecule has 2 N–H and O–H groups in total. The second-order valence-electron chi connectivity index (χ2n) is 8.86. The molecule has 1 saturated heterocycles. The Morgan fingerprint density at radius 2 is 1.90 bits per heavy atom. The van der Waals surface area contributed by atoms with Crippen molar-refractivity contribution in [3.8, 4) is 0 Å². The third-order valence-electron chi connectivity index (χ3n) is 5.84. The maximum absolute atomic E-state index is 11.3. The molecule has 0 spiro atoms. The van der Waals surface area contributed by atoms with E-state index >= 15 is 0 Å². The van der Waals surface area contributed by atoms with Crippen LogP contribution in [0.5, 0.6) is 0 Å². The monoisotopic (exact) mass is 422 g/mol. The number of carbonyl (C=O) groups is 1. The summed E-state index contributed by atoms with van der Waals surface area (Å²) in [6, 6.07) is 5.70. The summed E-state index contributed by atoms with van der Waals surface area (Å²) in [4.78, 5) is 22.5. The van der Waals surface area contributed by atoms with Crippen LogP contribution >= 0.6 is 0 Å². The van der Waals surface area contributed by atoms with Crippen molar-refractivity contribution < 1.29 is 9.90 Å². The highest BCUT2D eigenvalue weighted by atomic mass is 16.3. The molecule has 164 valence electrons. The van der Waals surface area contributed by atoms with Gasteiger partial charge in [0.05, 0.1) is 23.9 Å². The van der Waals surface area contributed by atoms with Crippen LogP contribution in [-0.2, 0) is 17.9 Å². The summed E-state index contributed by atoms with van der Waals surface area (Å²) in [5.74, 6) is 1.09. The van der Waals surface area contributed by atoms with Crippen LogP contribution in [0.15, 0.2) is 36.8 Å². The molecule has 1 fully saturated rings. The molecule has 8 heteroatoms. The summed E-state index contributed by atoms with van der Waals surface area (Å²) >= 11 is 0.